The number of nitrogens with one attached hydrogen (secondary N) is 1. The van der Waals surface area contributed by atoms with Crippen LogP contribution in [0.2, 0.25) is 0 Å². The third-order valence-corrected chi connectivity index (χ3v) is 2.38. The number of hydrogen-bond acceptors (Lipinski definition) is 3. The lowest BCUT2D eigenvalue weighted by Gasteiger charge is -2.07. The summed E-state index contributed by atoms with van der Waals surface area (Å²) in [5.74, 6) is 0.199. The maximum Gasteiger partial charge on any atom is 0.251 e. The highest BCUT2D eigenvalue weighted by molar-refractivity contribution is 5.89. The van der Waals surface area contributed by atoms with Crippen molar-refractivity contribution in [3.05, 3.63) is 58.6 Å². The number of aromatic nitrogens is 2. The van der Waals surface area contributed by atoms with Crippen molar-refractivity contribution >= 4 is 11.7 Å². The van der Waals surface area contributed by atoms with Crippen LogP contribution in [0.1, 0.15) is 5.56 Å². The Bertz CT molecular complexity index is 605. The van der Waals surface area contributed by atoms with Crippen LogP contribution in [0.5, 0.6) is 0 Å². The van der Waals surface area contributed by atoms with Crippen LogP contribution in [0, 0.1) is 6.92 Å². The number of amides is 1. The van der Waals surface area contributed by atoms with E-state index in [4.69, 9.17) is 0 Å². The molecule has 1 amide bonds. The van der Waals surface area contributed by atoms with Crippen LogP contribution in [0.25, 0.3) is 0 Å². The number of hydrogen-bond donors (Lipinski definition) is 1. The van der Waals surface area contributed by atoms with Gasteiger partial charge in [-0.1, -0.05) is 12.1 Å². The molecule has 0 spiro atoms. The Morgan fingerprint density at radius 1 is 1.33 bits per heavy atom. The van der Waals surface area contributed by atoms with Gasteiger partial charge < -0.3 is 9.88 Å². The first kappa shape index (κ1) is 12.0. The van der Waals surface area contributed by atoms with E-state index in [1.807, 2.05) is 6.92 Å². The van der Waals surface area contributed by atoms with E-state index in [1.54, 1.807) is 36.7 Å². The number of nitrogens with zero attached hydrogens (tertiary/aromatic N) is 2. The van der Waals surface area contributed by atoms with Gasteiger partial charge in [0.05, 0.1) is 0 Å². The van der Waals surface area contributed by atoms with Crippen molar-refractivity contribution < 1.29 is 4.79 Å². The second-order valence-corrected chi connectivity index (χ2v) is 3.94. The number of carbonyl (C=O) groups is 1. The molecule has 0 atom stereocenters. The van der Waals surface area contributed by atoms with Crippen molar-refractivity contribution in [1.29, 1.82) is 0 Å². The number of carbonyl (C=O) groups excluding carboxylic acids is 1. The van der Waals surface area contributed by atoms with Crippen LogP contribution in [-0.4, -0.2) is 15.5 Å². The van der Waals surface area contributed by atoms with Gasteiger partial charge in [-0.25, -0.2) is 4.98 Å². The minimum atomic E-state index is -0.276. The predicted molar refractivity (Wildman–Crippen MR) is 68.3 cm³/mol. The van der Waals surface area contributed by atoms with Gasteiger partial charge in [-0.05, 0) is 24.6 Å². The highest BCUT2D eigenvalue weighted by Gasteiger charge is 2.05. The molecule has 5 nitrogen and oxygen atoms in total. The Balaban J connectivity index is 2.08. The molecule has 0 aliphatic carbocycles. The molecule has 0 unspecified atom stereocenters. The number of anilines is 1. The van der Waals surface area contributed by atoms with E-state index in [1.165, 1.54) is 10.6 Å². The Labute approximate surface area is 104 Å². The summed E-state index contributed by atoms with van der Waals surface area (Å²) in [7, 11) is 0. The van der Waals surface area contributed by atoms with Crippen molar-refractivity contribution in [2.75, 3.05) is 5.32 Å². The van der Waals surface area contributed by atoms with Gasteiger partial charge in [0.1, 0.15) is 12.4 Å². The zero-order valence-electron chi connectivity index (χ0n) is 9.96. The fourth-order valence-corrected chi connectivity index (χ4v) is 1.55. The lowest BCUT2D eigenvalue weighted by atomic mass is 10.3. The average Bonchev–Trinajstić information content (AvgIpc) is 2.35. The van der Waals surface area contributed by atoms with Gasteiger partial charge in [0, 0.05) is 18.5 Å². The molecule has 2 aromatic rings. The minimum absolute atomic E-state index is 0.0168. The highest BCUT2D eigenvalue weighted by atomic mass is 16.2. The van der Waals surface area contributed by atoms with Crippen LogP contribution in [0.4, 0.5) is 5.82 Å². The second-order valence-electron chi connectivity index (χ2n) is 3.94. The van der Waals surface area contributed by atoms with Gasteiger partial charge in [-0.2, -0.15) is 0 Å². The first-order chi connectivity index (χ1) is 8.65. The molecule has 0 radical (unpaired) electrons. The Morgan fingerprint density at radius 2 is 2.17 bits per heavy atom. The van der Waals surface area contributed by atoms with Gasteiger partial charge in [0.15, 0.2) is 0 Å². The van der Waals surface area contributed by atoms with E-state index in [-0.39, 0.29) is 18.0 Å². The van der Waals surface area contributed by atoms with Crippen LogP contribution in [0.3, 0.4) is 0 Å². The summed E-state index contributed by atoms with van der Waals surface area (Å²) in [5.41, 5.74) is 0.733. The average molecular weight is 243 g/mol. The molecule has 0 bridgehead atoms. The van der Waals surface area contributed by atoms with Crippen molar-refractivity contribution in [1.82, 2.24) is 9.55 Å². The molecule has 18 heavy (non-hydrogen) atoms. The summed E-state index contributed by atoms with van der Waals surface area (Å²) in [6.45, 7) is 1.85. The van der Waals surface area contributed by atoms with Crippen molar-refractivity contribution in [3.8, 4) is 0 Å². The number of aryl methyl sites for hydroxylation is 1. The minimum Gasteiger partial charge on any atom is -0.309 e. The van der Waals surface area contributed by atoms with Crippen molar-refractivity contribution in [2.45, 2.75) is 13.5 Å². The summed E-state index contributed by atoms with van der Waals surface area (Å²) < 4.78 is 1.37. The molecule has 0 fully saturated rings. The van der Waals surface area contributed by atoms with Crippen molar-refractivity contribution in [2.24, 2.45) is 0 Å². The molecule has 0 saturated carbocycles. The first-order valence-corrected chi connectivity index (χ1v) is 5.53. The van der Waals surface area contributed by atoms with E-state index >= 15 is 0 Å². The van der Waals surface area contributed by atoms with E-state index in [0.29, 0.717) is 5.82 Å². The van der Waals surface area contributed by atoms with Gasteiger partial charge in [0.25, 0.3) is 5.56 Å². The molecule has 0 aliphatic heterocycles. The van der Waals surface area contributed by atoms with E-state index < -0.39 is 0 Å². The van der Waals surface area contributed by atoms with Crippen LogP contribution >= 0.6 is 0 Å². The largest absolute Gasteiger partial charge is 0.309 e. The van der Waals surface area contributed by atoms with Gasteiger partial charge in [0.2, 0.25) is 5.91 Å². The molecule has 2 aromatic heterocycles. The van der Waals surface area contributed by atoms with Crippen LogP contribution in [0.15, 0.2) is 47.5 Å². The summed E-state index contributed by atoms with van der Waals surface area (Å²) in [6.07, 6.45) is 3.24. The Morgan fingerprint density at radius 3 is 2.89 bits per heavy atom. The number of rotatable bonds is 3. The maximum absolute atomic E-state index is 11.7. The third kappa shape index (κ3) is 3.04. The maximum atomic E-state index is 11.7. The van der Waals surface area contributed by atoms with Crippen molar-refractivity contribution in [3.63, 3.8) is 0 Å². The lowest BCUT2D eigenvalue weighted by Crippen LogP contribution is -2.27. The molecule has 2 heterocycles. The molecular weight excluding hydrogens is 230 g/mol. The van der Waals surface area contributed by atoms with Gasteiger partial charge in [-0.15, -0.1) is 0 Å². The zero-order chi connectivity index (χ0) is 13.0. The predicted octanol–water partition coefficient (Wildman–Crippen LogP) is 1.19. The molecule has 0 saturated heterocycles. The summed E-state index contributed by atoms with van der Waals surface area (Å²) in [4.78, 5) is 27.2. The third-order valence-electron chi connectivity index (χ3n) is 2.38. The highest BCUT2D eigenvalue weighted by Crippen LogP contribution is 2.00. The fraction of sp³-hybridized carbons (Fsp3) is 0.154. The van der Waals surface area contributed by atoms with E-state index in [0.717, 1.165) is 5.56 Å². The van der Waals surface area contributed by atoms with E-state index in [2.05, 4.69) is 10.3 Å². The van der Waals surface area contributed by atoms with Gasteiger partial charge >= 0.3 is 0 Å². The van der Waals surface area contributed by atoms with Crippen LogP contribution < -0.4 is 10.9 Å². The molecule has 0 aliphatic rings. The van der Waals surface area contributed by atoms with Gasteiger partial charge in [-0.3, -0.25) is 9.59 Å². The monoisotopic (exact) mass is 243 g/mol. The summed E-state index contributed by atoms with van der Waals surface area (Å²) in [5, 5.41) is 2.63. The fourth-order valence-electron chi connectivity index (χ4n) is 1.55. The molecule has 2 rings (SSSR count). The number of pyridine rings is 2. The molecule has 5 heteroatoms. The first-order valence-electron chi connectivity index (χ1n) is 5.53. The Hall–Kier alpha value is -2.43. The second kappa shape index (κ2) is 5.27. The lowest BCUT2D eigenvalue weighted by molar-refractivity contribution is -0.116. The molecule has 92 valence electrons. The Kier molecular flexibility index (Phi) is 3.52. The SMILES string of the molecule is Cc1ccc(=O)n(CC(=O)Nc2ccccn2)c1. The zero-order valence-corrected chi connectivity index (χ0v) is 9.96. The topological polar surface area (TPSA) is 64.0 Å². The van der Waals surface area contributed by atoms with E-state index in [9.17, 15) is 9.59 Å². The quantitative estimate of drug-likeness (QED) is 0.880. The molecule has 0 aromatic carbocycles. The molecular formula is C13H13N3O2. The summed E-state index contributed by atoms with van der Waals surface area (Å²) in [6, 6.07) is 8.40. The normalized spacial score (nSPS) is 10.1. The smallest absolute Gasteiger partial charge is 0.251 e. The van der Waals surface area contributed by atoms with Crippen LogP contribution in [-0.2, 0) is 11.3 Å². The summed E-state index contributed by atoms with van der Waals surface area (Å²) >= 11 is 0. The molecule has 1 N–H and O–H groups in total. The standard InChI is InChI=1S/C13H13N3O2/c1-10-5-6-13(18)16(8-10)9-12(17)15-11-4-2-3-7-14-11/h2-8H,9H2,1H3,(H,14,15,17).